The van der Waals surface area contributed by atoms with E-state index in [1.165, 1.54) is 0 Å². The molecule has 194 valence electrons. The van der Waals surface area contributed by atoms with E-state index in [4.69, 9.17) is 16.0 Å². The summed E-state index contributed by atoms with van der Waals surface area (Å²) in [5.41, 5.74) is 1.47. The Balaban J connectivity index is 1.51. The minimum absolute atomic E-state index is 0.209. The first-order valence-corrected chi connectivity index (χ1v) is 13.2. The van der Waals surface area contributed by atoms with Crippen LogP contribution < -0.4 is 10.6 Å². The summed E-state index contributed by atoms with van der Waals surface area (Å²) in [6.45, 7) is 6.88. The third-order valence-electron chi connectivity index (χ3n) is 7.43. The molecule has 0 radical (unpaired) electrons. The Kier molecular flexibility index (Phi) is 6.84. The fourth-order valence-corrected chi connectivity index (χ4v) is 5.65. The number of furan rings is 1. The van der Waals surface area contributed by atoms with Crippen LogP contribution in [0.25, 0.3) is 22.3 Å². The van der Waals surface area contributed by atoms with Crippen molar-refractivity contribution < 1.29 is 19.7 Å². The van der Waals surface area contributed by atoms with Crippen molar-refractivity contribution in [3.8, 4) is 11.3 Å². The summed E-state index contributed by atoms with van der Waals surface area (Å²) in [5, 5.41) is 38.9. The molecule has 36 heavy (non-hydrogen) atoms. The van der Waals surface area contributed by atoms with Crippen molar-refractivity contribution in [1.82, 2.24) is 15.0 Å². The van der Waals surface area contributed by atoms with Crippen LogP contribution in [-0.2, 0) is 6.42 Å². The van der Waals surface area contributed by atoms with Crippen molar-refractivity contribution in [2.24, 2.45) is 5.92 Å². The largest absolute Gasteiger partial charge is 0.454 e. The molecule has 5 N–H and O–H groups in total. The van der Waals surface area contributed by atoms with Crippen LogP contribution in [0, 0.1) is 12.8 Å². The molecule has 10 heteroatoms. The number of unbranched alkanes of at least 4 members (excludes halogenated alkanes) is 2. The van der Waals surface area contributed by atoms with Crippen molar-refractivity contribution in [2.75, 3.05) is 17.2 Å². The zero-order valence-corrected chi connectivity index (χ0v) is 21.6. The Labute approximate surface area is 215 Å². The first kappa shape index (κ1) is 25.2. The van der Waals surface area contributed by atoms with Crippen LogP contribution in [0.4, 0.5) is 11.8 Å². The highest BCUT2D eigenvalue weighted by molar-refractivity contribution is 6.32. The normalized spacial score (nSPS) is 26.9. The van der Waals surface area contributed by atoms with E-state index >= 15 is 0 Å². The Hall–Kier alpha value is -2.46. The van der Waals surface area contributed by atoms with Gasteiger partial charge in [0.25, 0.3) is 0 Å². The van der Waals surface area contributed by atoms with E-state index in [1.54, 1.807) is 0 Å². The molecule has 0 aliphatic heterocycles. The molecule has 9 nitrogen and oxygen atoms in total. The fourth-order valence-electron chi connectivity index (χ4n) is 5.39. The van der Waals surface area contributed by atoms with E-state index in [0.717, 1.165) is 48.9 Å². The Morgan fingerprint density at radius 2 is 1.92 bits per heavy atom. The average molecular weight is 516 g/mol. The maximum absolute atomic E-state index is 10.7. The fraction of sp³-hybridized carbons (Fsp3) is 0.577. The number of hydrogen-bond donors (Lipinski definition) is 5. The smallest absolute Gasteiger partial charge is 0.226 e. The summed E-state index contributed by atoms with van der Waals surface area (Å²) in [7, 11) is 0. The third kappa shape index (κ3) is 4.32. The van der Waals surface area contributed by atoms with Gasteiger partial charge in [0.05, 0.1) is 23.4 Å². The van der Waals surface area contributed by atoms with Crippen molar-refractivity contribution in [3.05, 3.63) is 28.7 Å². The number of aromatic nitrogens is 3. The Morgan fingerprint density at radius 1 is 1.11 bits per heavy atom. The van der Waals surface area contributed by atoms with Gasteiger partial charge < -0.3 is 30.4 Å². The van der Waals surface area contributed by atoms with Gasteiger partial charge in [-0.2, -0.15) is 4.98 Å². The molecule has 2 fully saturated rings. The van der Waals surface area contributed by atoms with Crippen LogP contribution in [0.2, 0.25) is 5.15 Å². The molecular formula is C26H34ClN5O4. The molecule has 5 rings (SSSR count). The predicted molar refractivity (Wildman–Crippen MR) is 139 cm³/mol. The molecule has 5 atom stereocenters. The highest BCUT2D eigenvalue weighted by Gasteiger charge is 2.74. The second-order valence-corrected chi connectivity index (χ2v) is 10.4. The Bertz CT molecular complexity index is 1270. The number of pyridine rings is 1. The van der Waals surface area contributed by atoms with Crippen molar-refractivity contribution in [1.29, 1.82) is 0 Å². The molecule has 0 saturated heterocycles. The van der Waals surface area contributed by atoms with E-state index in [0.29, 0.717) is 41.6 Å². The van der Waals surface area contributed by atoms with Crippen molar-refractivity contribution >= 4 is 34.3 Å². The van der Waals surface area contributed by atoms with Crippen LogP contribution in [0.15, 0.2) is 16.5 Å². The molecule has 3 aromatic rings. The number of hydrogen-bond acceptors (Lipinski definition) is 9. The molecule has 0 aromatic carbocycles. The summed E-state index contributed by atoms with van der Waals surface area (Å²) < 4.78 is 6.21. The Morgan fingerprint density at radius 3 is 2.61 bits per heavy atom. The zero-order chi connectivity index (χ0) is 25.6. The van der Waals surface area contributed by atoms with Crippen molar-refractivity contribution in [2.45, 2.75) is 83.1 Å². The van der Waals surface area contributed by atoms with Gasteiger partial charge >= 0.3 is 0 Å². The van der Waals surface area contributed by atoms with Crippen LogP contribution >= 0.6 is 11.6 Å². The van der Waals surface area contributed by atoms with E-state index < -0.39 is 23.9 Å². The van der Waals surface area contributed by atoms with Gasteiger partial charge in [-0.15, -0.1) is 0 Å². The number of aliphatic hydroxyl groups excluding tert-OH is 2. The molecule has 0 amide bonds. The second kappa shape index (κ2) is 9.78. The molecule has 2 aliphatic rings. The van der Waals surface area contributed by atoms with Crippen LogP contribution in [0.3, 0.4) is 0 Å². The third-order valence-corrected chi connectivity index (χ3v) is 7.70. The average Bonchev–Trinajstić information content (AvgIpc) is 3.12. The van der Waals surface area contributed by atoms with Gasteiger partial charge in [-0.1, -0.05) is 44.7 Å². The van der Waals surface area contributed by atoms with E-state index in [2.05, 4.69) is 39.4 Å². The standard InChI is InChI=1S/C26H34ClN5O4/c1-4-6-7-9-28-25-31-23(27)19(18-11-14-10-15(8-5-2)29-13(3)20(14)36-18)24(32-25)30-17-12-16-21(33)26(16,35)22(17)34/h10-11,16-17,21-22,33-35H,4-9,12H2,1-3H3,(H2,28,30,31,32)/t16-,17-,21?,22+,26+/m1/s1. The lowest BCUT2D eigenvalue weighted by atomic mass is 10.1. The maximum Gasteiger partial charge on any atom is 0.226 e. The molecule has 0 bridgehead atoms. The summed E-state index contributed by atoms with van der Waals surface area (Å²) in [6, 6.07) is 3.42. The summed E-state index contributed by atoms with van der Waals surface area (Å²) in [4.78, 5) is 13.8. The van der Waals surface area contributed by atoms with Crippen LogP contribution in [0.5, 0.6) is 0 Å². The SMILES string of the molecule is CCCCCNc1nc(Cl)c(-c2cc3cc(CCC)nc(C)c3o2)c(N[C@@H]2C[C@@H]3C(O)[C@]3(O)[C@H]2O)n1. The number of fused-ring (bicyclic) bond motifs is 2. The first-order valence-electron chi connectivity index (χ1n) is 12.8. The van der Waals surface area contributed by atoms with Gasteiger partial charge in [0.1, 0.15) is 28.4 Å². The second-order valence-electron chi connectivity index (χ2n) is 10.0. The number of nitrogens with one attached hydrogen (secondary N) is 2. The topological polar surface area (TPSA) is 137 Å². The first-order chi connectivity index (χ1) is 17.3. The maximum atomic E-state index is 10.7. The minimum atomic E-state index is -1.48. The molecular weight excluding hydrogens is 482 g/mol. The highest BCUT2D eigenvalue weighted by Crippen LogP contribution is 2.56. The lowest BCUT2D eigenvalue weighted by molar-refractivity contribution is -0.0262. The molecule has 1 unspecified atom stereocenters. The highest BCUT2D eigenvalue weighted by atomic mass is 35.5. The molecule has 2 saturated carbocycles. The lowest BCUT2D eigenvalue weighted by Crippen LogP contribution is -2.42. The van der Waals surface area contributed by atoms with Crippen LogP contribution in [-0.4, -0.2) is 60.7 Å². The number of nitrogens with zero attached hydrogens (tertiary/aromatic N) is 3. The molecule has 0 spiro atoms. The number of rotatable bonds is 10. The number of anilines is 2. The van der Waals surface area contributed by atoms with Crippen molar-refractivity contribution in [3.63, 3.8) is 0 Å². The predicted octanol–water partition coefficient (Wildman–Crippen LogP) is 4.07. The summed E-state index contributed by atoms with van der Waals surface area (Å²) >= 11 is 6.71. The number of halogens is 1. The number of aliphatic hydroxyl groups is 3. The monoisotopic (exact) mass is 515 g/mol. The van der Waals surface area contributed by atoms with Gasteiger partial charge in [-0.3, -0.25) is 4.98 Å². The summed E-state index contributed by atoms with van der Waals surface area (Å²) in [6.07, 6.45) is 3.40. The lowest BCUT2D eigenvalue weighted by Gasteiger charge is -2.24. The van der Waals surface area contributed by atoms with E-state index in [9.17, 15) is 15.3 Å². The van der Waals surface area contributed by atoms with E-state index in [1.807, 2.05) is 19.1 Å². The molecule has 2 aliphatic carbocycles. The van der Waals surface area contributed by atoms with Gasteiger partial charge in [-0.05, 0) is 38.3 Å². The van der Waals surface area contributed by atoms with Gasteiger partial charge in [0.2, 0.25) is 5.95 Å². The van der Waals surface area contributed by atoms with Gasteiger partial charge in [0.15, 0.2) is 5.58 Å². The number of aryl methyl sites for hydroxylation is 2. The zero-order valence-electron chi connectivity index (χ0n) is 20.9. The van der Waals surface area contributed by atoms with Gasteiger partial charge in [0, 0.05) is 23.5 Å². The van der Waals surface area contributed by atoms with Crippen LogP contribution in [0.1, 0.15) is 57.3 Å². The molecule has 3 heterocycles. The quantitative estimate of drug-likeness (QED) is 0.200. The minimum Gasteiger partial charge on any atom is -0.454 e. The molecule has 3 aromatic heterocycles. The van der Waals surface area contributed by atoms with E-state index in [-0.39, 0.29) is 11.1 Å². The summed E-state index contributed by atoms with van der Waals surface area (Å²) in [5.74, 6) is 0.895. The van der Waals surface area contributed by atoms with Gasteiger partial charge in [-0.25, -0.2) is 4.98 Å².